The summed E-state index contributed by atoms with van der Waals surface area (Å²) in [5.74, 6) is 0.241. The van der Waals surface area contributed by atoms with E-state index in [0.717, 1.165) is 6.42 Å². The fourth-order valence-corrected chi connectivity index (χ4v) is 1.90. The van der Waals surface area contributed by atoms with Crippen molar-refractivity contribution < 1.29 is 4.79 Å². The molecule has 0 bridgehead atoms. The van der Waals surface area contributed by atoms with Crippen LogP contribution in [0.3, 0.4) is 0 Å². The Kier molecular flexibility index (Phi) is 2.97. The highest BCUT2D eigenvalue weighted by Gasteiger charge is 2.41. The Hall–Kier alpha value is -1.35. The zero-order valence-electron chi connectivity index (χ0n) is 9.81. The third-order valence-corrected chi connectivity index (χ3v) is 3.20. The van der Waals surface area contributed by atoms with Gasteiger partial charge in [0.1, 0.15) is 0 Å². The van der Waals surface area contributed by atoms with Crippen LogP contribution in [0.15, 0.2) is 24.3 Å². The van der Waals surface area contributed by atoms with Crippen LogP contribution in [0.2, 0.25) is 0 Å². The van der Waals surface area contributed by atoms with Crippen molar-refractivity contribution in [3.63, 3.8) is 0 Å². The Balaban J connectivity index is 1.99. The van der Waals surface area contributed by atoms with Gasteiger partial charge in [0.25, 0.3) is 0 Å². The lowest BCUT2D eigenvalue weighted by molar-refractivity contribution is -0.131. The summed E-state index contributed by atoms with van der Waals surface area (Å²) in [7, 11) is 1.85. The van der Waals surface area contributed by atoms with Gasteiger partial charge in [-0.05, 0) is 24.5 Å². The monoisotopic (exact) mass is 218 g/mol. The largest absolute Gasteiger partial charge is 0.341 e. The summed E-state index contributed by atoms with van der Waals surface area (Å²) in [6, 6.07) is 8.23. The van der Waals surface area contributed by atoms with E-state index < -0.39 is 0 Å². The predicted octanol–water partition coefficient (Wildman–Crippen LogP) is 1.30. The fraction of sp³-hybridized carbons (Fsp3) is 0.462. The second kappa shape index (κ2) is 4.26. The lowest BCUT2D eigenvalue weighted by Gasteiger charge is -2.18. The predicted molar refractivity (Wildman–Crippen MR) is 63.7 cm³/mol. The molecule has 1 amide bonds. The Morgan fingerprint density at radius 1 is 1.50 bits per heavy atom. The molecule has 0 aromatic heterocycles. The lowest BCUT2D eigenvalue weighted by Crippen LogP contribution is -2.29. The normalized spacial score (nSPS) is 22.9. The van der Waals surface area contributed by atoms with Gasteiger partial charge in [-0.2, -0.15) is 0 Å². The Morgan fingerprint density at radius 2 is 2.12 bits per heavy atom. The zero-order chi connectivity index (χ0) is 11.7. The van der Waals surface area contributed by atoms with Gasteiger partial charge in [-0.15, -0.1) is 0 Å². The molecule has 2 atom stereocenters. The van der Waals surface area contributed by atoms with E-state index in [0.29, 0.717) is 6.54 Å². The van der Waals surface area contributed by atoms with E-state index in [-0.39, 0.29) is 17.9 Å². The quantitative estimate of drug-likeness (QED) is 0.831. The first kappa shape index (κ1) is 11.1. The number of benzene rings is 1. The molecule has 0 aliphatic heterocycles. The molecule has 2 rings (SSSR count). The van der Waals surface area contributed by atoms with Crippen molar-refractivity contribution in [1.82, 2.24) is 4.90 Å². The van der Waals surface area contributed by atoms with E-state index in [9.17, 15) is 4.79 Å². The number of nitrogens with two attached hydrogens (primary N) is 1. The number of hydrogen-bond acceptors (Lipinski definition) is 2. The number of nitrogens with zero attached hydrogens (tertiary/aromatic N) is 1. The standard InChI is InChI=1S/C13H18N2O/c1-9-5-3-4-6-10(9)8-15(2)13(16)11-7-12(11)14/h3-6,11-12H,7-8,14H2,1-2H3. The van der Waals surface area contributed by atoms with Crippen LogP contribution in [0.25, 0.3) is 0 Å². The van der Waals surface area contributed by atoms with Crippen LogP contribution in [-0.4, -0.2) is 23.9 Å². The summed E-state index contributed by atoms with van der Waals surface area (Å²) in [4.78, 5) is 13.7. The van der Waals surface area contributed by atoms with Crippen LogP contribution >= 0.6 is 0 Å². The van der Waals surface area contributed by atoms with E-state index in [4.69, 9.17) is 5.73 Å². The van der Waals surface area contributed by atoms with E-state index >= 15 is 0 Å². The maximum Gasteiger partial charge on any atom is 0.227 e. The number of rotatable bonds is 3. The molecule has 0 heterocycles. The maximum absolute atomic E-state index is 11.9. The molecule has 86 valence electrons. The van der Waals surface area contributed by atoms with Gasteiger partial charge in [0.2, 0.25) is 5.91 Å². The van der Waals surface area contributed by atoms with Crippen molar-refractivity contribution in [3.05, 3.63) is 35.4 Å². The van der Waals surface area contributed by atoms with Gasteiger partial charge in [0, 0.05) is 19.6 Å². The average Bonchev–Trinajstić information content (AvgIpc) is 2.98. The lowest BCUT2D eigenvalue weighted by atomic mass is 10.1. The average molecular weight is 218 g/mol. The van der Waals surface area contributed by atoms with E-state index in [1.54, 1.807) is 4.90 Å². The number of amides is 1. The van der Waals surface area contributed by atoms with E-state index in [2.05, 4.69) is 19.1 Å². The van der Waals surface area contributed by atoms with Gasteiger partial charge in [0.15, 0.2) is 0 Å². The molecule has 2 N–H and O–H groups in total. The first-order valence-electron chi connectivity index (χ1n) is 5.64. The Morgan fingerprint density at radius 3 is 2.69 bits per heavy atom. The van der Waals surface area contributed by atoms with Crippen LogP contribution in [0, 0.1) is 12.8 Å². The van der Waals surface area contributed by atoms with Crippen molar-refractivity contribution >= 4 is 5.91 Å². The number of hydrogen-bond donors (Lipinski definition) is 1. The van der Waals surface area contributed by atoms with E-state index in [1.807, 2.05) is 19.2 Å². The van der Waals surface area contributed by atoms with Gasteiger partial charge < -0.3 is 10.6 Å². The summed E-state index contributed by atoms with van der Waals surface area (Å²) < 4.78 is 0. The minimum Gasteiger partial charge on any atom is -0.341 e. The van der Waals surface area contributed by atoms with Crippen molar-refractivity contribution in [3.8, 4) is 0 Å². The molecule has 1 aromatic rings. The highest BCUT2D eigenvalue weighted by molar-refractivity contribution is 5.82. The topological polar surface area (TPSA) is 46.3 Å². The molecule has 1 aromatic carbocycles. The van der Waals surface area contributed by atoms with Crippen LogP contribution in [0.5, 0.6) is 0 Å². The van der Waals surface area contributed by atoms with Crippen LogP contribution in [0.4, 0.5) is 0 Å². The van der Waals surface area contributed by atoms with Crippen LogP contribution in [-0.2, 0) is 11.3 Å². The van der Waals surface area contributed by atoms with Crippen molar-refractivity contribution in [2.24, 2.45) is 11.7 Å². The molecule has 1 fully saturated rings. The van der Waals surface area contributed by atoms with Crippen molar-refractivity contribution in [2.45, 2.75) is 25.9 Å². The van der Waals surface area contributed by atoms with Crippen LogP contribution in [0.1, 0.15) is 17.5 Å². The Labute approximate surface area is 96.2 Å². The molecule has 1 saturated carbocycles. The summed E-state index contributed by atoms with van der Waals surface area (Å²) in [5.41, 5.74) is 8.11. The third kappa shape index (κ3) is 2.25. The van der Waals surface area contributed by atoms with Gasteiger partial charge in [-0.3, -0.25) is 4.79 Å². The summed E-state index contributed by atoms with van der Waals surface area (Å²) in [5, 5.41) is 0. The first-order valence-corrected chi connectivity index (χ1v) is 5.64. The number of carbonyl (C=O) groups excluding carboxylic acids is 1. The van der Waals surface area contributed by atoms with Crippen molar-refractivity contribution in [1.29, 1.82) is 0 Å². The Bertz CT molecular complexity index is 403. The second-order valence-corrected chi connectivity index (χ2v) is 4.63. The van der Waals surface area contributed by atoms with Crippen LogP contribution < -0.4 is 5.73 Å². The van der Waals surface area contributed by atoms with Gasteiger partial charge in [-0.1, -0.05) is 24.3 Å². The summed E-state index contributed by atoms with van der Waals surface area (Å²) >= 11 is 0. The van der Waals surface area contributed by atoms with E-state index in [1.165, 1.54) is 11.1 Å². The molecule has 3 heteroatoms. The first-order chi connectivity index (χ1) is 7.59. The SMILES string of the molecule is Cc1ccccc1CN(C)C(=O)C1CC1N. The minimum atomic E-state index is 0.0639. The zero-order valence-corrected chi connectivity index (χ0v) is 9.81. The number of aryl methyl sites for hydroxylation is 1. The highest BCUT2D eigenvalue weighted by atomic mass is 16.2. The highest BCUT2D eigenvalue weighted by Crippen LogP contribution is 2.30. The third-order valence-electron chi connectivity index (χ3n) is 3.20. The smallest absolute Gasteiger partial charge is 0.227 e. The molecule has 16 heavy (non-hydrogen) atoms. The maximum atomic E-state index is 11.9. The van der Waals surface area contributed by atoms with Gasteiger partial charge in [-0.25, -0.2) is 0 Å². The summed E-state index contributed by atoms with van der Waals surface area (Å²) in [6.45, 7) is 2.74. The molecular weight excluding hydrogens is 200 g/mol. The molecule has 0 spiro atoms. The minimum absolute atomic E-state index is 0.0639. The molecular formula is C13H18N2O. The fourth-order valence-electron chi connectivity index (χ4n) is 1.90. The molecule has 0 radical (unpaired) electrons. The molecule has 2 unspecified atom stereocenters. The molecule has 1 aliphatic carbocycles. The van der Waals surface area contributed by atoms with Crippen molar-refractivity contribution in [2.75, 3.05) is 7.05 Å². The number of carbonyl (C=O) groups is 1. The molecule has 3 nitrogen and oxygen atoms in total. The molecule has 1 aliphatic rings. The van der Waals surface area contributed by atoms with Gasteiger partial charge in [0.05, 0.1) is 5.92 Å². The molecule has 0 saturated heterocycles. The van der Waals surface area contributed by atoms with Gasteiger partial charge >= 0.3 is 0 Å². The summed E-state index contributed by atoms with van der Waals surface area (Å²) in [6.07, 6.45) is 0.844. The second-order valence-electron chi connectivity index (χ2n) is 4.63.